The van der Waals surface area contributed by atoms with Crippen molar-refractivity contribution >= 4 is 39.4 Å². The molecule has 3 atom stereocenters. The Labute approximate surface area is 236 Å². The van der Waals surface area contributed by atoms with Gasteiger partial charge in [0.15, 0.2) is 13.5 Å². The number of hydrogen-bond acceptors (Lipinski definition) is 15. The number of hydrogen-bond donors (Lipinski definition) is 7. The van der Waals surface area contributed by atoms with E-state index in [1.165, 1.54) is 0 Å². The minimum atomic E-state index is -2.85. The third kappa shape index (κ3) is 15.7. The number of nitrogens with two attached hydrogens (primary N) is 1. The fraction of sp³-hybridized carbons (Fsp3) is 0.684. The molecule has 40 heavy (non-hydrogen) atoms. The summed E-state index contributed by atoms with van der Waals surface area (Å²) in [4.78, 5) is 63.1. The zero-order valence-electron chi connectivity index (χ0n) is 21.7. The molecule has 1 saturated heterocycles. The summed E-state index contributed by atoms with van der Waals surface area (Å²) < 4.78 is 42.4. The maximum atomic E-state index is 11.2. The van der Waals surface area contributed by atoms with Gasteiger partial charge in [0, 0.05) is 66.7 Å². The van der Waals surface area contributed by atoms with Crippen LogP contribution >= 0.6 is 33.7 Å². The topological polar surface area (TPSA) is 231 Å². The second-order valence-electron chi connectivity index (χ2n) is 8.74. The van der Waals surface area contributed by atoms with Crippen LogP contribution < -0.4 is 5.73 Å². The van der Waals surface area contributed by atoms with Crippen LogP contribution in [0.5, 0.6) is 0 Å². The smallest absolute Gasteiger partial charge is 0.399 e. The van der Waals surface area contributed by atoms with Crippen molar-refractivity contribution in [1.29, 1.82) is 0 Å². The molecule has 0 radical (unpaired) electrons. The molecule has 8 N–H and O–H groups in total. The number of rotatable bonds is 14. The standard InChI is InChI=1S/C19H35N5O12P4/c20-18-3-1-17(2-4-18)11-19-12-23(15-35-39(29)30)8-7-21(13-33-37(25)26)5-6-22(14-34-38(27)28)9-10-24(19)16-36-40(31)32/h1-4,19,29-32H,5-16,20H2/p+2. The lowest BCUT2D eigenvalue weighted by atomic mass is 10.0. The van der Waals surface area contributed by atoms with Crippen molar-refractivity contribution < 1.29 is 56.6 Å². The zero-order chi connectivity index (χ0) is 29.5. The van der Waals surface area contributed by atoms with E-state index in [4.69, 9.17) is 33.6 Å². The van der Waals surface area contributed by atoms with Gasteiger partial charge >= 0.3 is 33.7 Å². The molecule has 1 heterocycles. The molecule has 0 aliphatic carbocycles. The second-order valence-corrected chi connectivity index (χ2v) is 11.7. The predicted molar refractivity (Wildman–Crippen MR) is 146 cm³/mol. The van der Waals surface area contributed by atoms with Crippen LogP contribution in [0.25, 0.3) is 0 Å². The summed E-state index contributed by atoms with van der Waals surface area (Å²) in [6.07, 6.45) is 0.471. The summed E-state index contributed by atoms with van der Waals surface area (Å²) in [5.74, 6) is 0. The van der Waals surface area contributed by atoms with E-state index >= 15 is 0 Å². The van der Waals surface area contributed by atoms with E-state index in [-0.39, 0.29) is 33.0 Å². The quantitative estimate of drug-likeness (QED) is 0.104. The van der Waals surface area contributed by atoms with E-state index in [0.29, 0.717) is 57.9 Å². The van der Waals surface area contributed by atoms with E-state index in [9.17, 15) is 28.7 Å². The first-order valence-corrected chi connectivity index (χ1v) is 16.6. The molecule has 0 spiro atoms. The Balaban J connectivity index is 2.36. The first-order valence-electron chi connectivity index (χ1n) is 12.0. The Bertz CT molecular complexity index is 894. The summed E-state index contributed by atoms with van der Waals surface area (Å²) in [7, 11) is -11.0. The molecule has 1 aromatic rings. The van der Waals surface area contributed by atoms with E-state index in [0.717, 1.165) is 5.56 Å². The van der Waals surface area contributed by atoms with Crippen LogP contribution in [0.2, 0.25) is 0 Å². The van der Waals surface area contributed by atoms with Crippen LogP contribution in [-0.2, 0) is 33.6 Å². The van der Waals surface area contributed by atoms with Gasteiger partial charge in [0.25, 0.3) is 0 Å². The minimum absolute atomic E-state index is 0.134. The molecule has 1 aliphatic rings. The van der Waals surface area contributed by atoms with Crippen LogP contribution in [0.15, 0.2) is 24.3 Å². The molecule has 2 rings (SSSR count). The lowest BCUT2D eigenvalue weighted by molar-refractivity contribution is 0.00606. The van der Waals surface area contributed by atoms with Crippen LogP contribution in [0.1, 0.15) is 5.56 Å². The van der Waals surface area contributed by atoms with Crippen LogP contribution in [-0.4, -0.2) is 128 Å². The van der Waals surface area contributed by atoms with Crippen molar-refractivity contribution in [2.24, 2.45) is 0 Å². The molecule has 0 aromatic heterocycles. The monoisotopic (exact) mass is 651 g/mol. The highest BCUT2D eigenvalue weighted by molar-refractivity contribution is 7.39. The number of benzene rings is 1. The Morgan fingerprint density at radius 3 is 1.73 bits per heavy atom. The molecule has 0 bridgehead atoms. The highest BCUT2D eigenvalue weighted by Gasteiger charge is 2.27. The predicted octanol–water partition coefficient (Wildman–Crippen LogP) is 0.0203. The Hall–Kier alpha value is -0.480. The Kier molecular flexibility index (Phi) is 17.6. The van der Waals surface area contributed by atoms with Gasteiger partial charge < -0.3 is 25.3 Å². The van der Waals surface area contributed by atoms with E-state index in [2.05, 4.69) is 0 Å². The third-order valence-corrected chi connectivity index (χ3v) is 7.37. The summed E-state index contributed by atoms with van der Waals surface area (Å²) in [5.41, 5.74) is 7.36. The fourth-order valence-electron chi connectivity index (χ4n) is 3.93. The van der Waals surface area contributed by atoms with Gasteiger partial charge in [-0.05, 0) is 24.1 Å². The summed E-state index contributed by atoms with van der Waals surface area (Å²) in [6, 6.07) is 6.93. The van der Waals surface area contributed by atoms with E-state index < -0.39 is 33.7 Å². The van der Waals surface area contributed by atoms with Crippen molar-refractivity contribution in [3.05, 3.63) is 29.8 Å². The Morgan fingerprint density at radius 1 is 0.750 bits per heavy atom. The molecular formula is C19H37N5O12P4+2. The number of nitrogens with zero attached hydrogens (tertiary/aromatic N) is 4. The van der Waals surface area contributed by atoms with Crippen LogP contribution in [0.4, 0.5) is 5.69 Å². The van der Waals surface area contributed by atoms with Gasteiger partial charge in [-0.15, -0.1) is 18.8 Å². The van der Waals surface area contributed by atoms with Crippen molar-refractivity contribution in [2.45, 2.75) is 12.5 Å². The van der Waals surface area contributed by atoms with Gasteiger partial charge in [-0.25, -0.2) is 0 Å². The maximum absolute atomic E-state index is 11.2. The summed E-state index contributed by atoms with van der Waals surface area (Å²) in [5, 5.41) is 0. The van der Waals surface area contributed by atoms with Gasteiger partial charge in [-0.2, -0.15) is 0 Å². The normalized spacial score (nSPS) is 20.4. The van der Waals surface area contributed by atoms with Crippen molar-refractivity contribution in [3.8, 4) is 0 Å². The number of nitrogen functional groups attached to an aromatic ring is 1. The molecule has 3 unspecified atom stereocenters. The molecule has 0 amide bonds. The molecule has 1 aliphatic heterocycles. The van der Waals surface area contributed by atoms with Gasteiger partial charge in [-0.3, -0.25) is 28.6 Å². The van der Waals surface area contributed by atoms with Crippen molar-refractivity contribution in [3.63, 3.8) is 0 Å². The van der Waals surface area contributed by atoms with Gasteiger partial charge in [0.1, 0.15) is 13.5 Å². The van der Waals surface area contributed by atoms with Crippen molar-refractivity contribution in [1.82, 2.24) is 19.6 Å². The highest BCUT2D eigenvalue weighted by atomic mass is 31.2. The van der Waals surface area contributed by atoms with Gasteiger partial charge in [0.05, 0.1) is 0 Å². The first-order chi connectivity index (χ1) is 19.0. The first kappa shape index (κ1) is 35.7. The summed E-state index contributed by atoms with van der Waals surface area (Å²) in [6.45, 7) is 1.64. The third-order valence-electron chi connectivity index (χ3n) is 6.00. The SMILES string of the molecule is Nc1ccc(CC2CN(COP(O)O)CCN(CO[P+](=O)O)CCN(CO[P+](=O)O)CCN2COP(O)O)cc1. The average molecular weight is 651 g/mol. The highest BCUT2D eigenvalue weighted by Crippen LogP contribution is 2.27. The fourth-order valence-corrected chi connectivity index (χ4v) is 4.97. The second kappa shape index (κ2) is 19.7. The average Bonchev–Trinajstić information content (AvgIpc) is 2.88. The lowest BCUT2D eigenvalue weighted by Gasteiger charge is -2.38. The van der Waals surface area contributed by atoms with Crippen LogP contribution in [0.3, 0.4) is 0 Å². The molecule has 0 saturated carbocycles. The zero-order valence-corrected chi connectivity index (χ0v) is 25.2. The van der Waals surface area contributed by atoms with E-state index in [1.807, 2.05) is 21.9 Å². The largest absolute Gasteiger partial charge is 0.696 e. The lowest BCUT2D eigenvalue weighted by Crippen LogP contribution is -2.52. The van der Waals surface area contributed by atoms with Crippen LogP contribution in [0, 0.1) is 0 Å². The molecular weight excluding hydrogens is 614 g/mol. The minimum Gasteiger partial charge on any atom is -0.399 e. The molecule has 21 heteroatoms. The molecule has 17 nitrogen and oxygen atoms in total. The Morgan fingerprint density at radius 2 is 1.23 bits per heavy atom. The number of anilines is 1. The van der Waals surface area contributed by atoms with Crippen molar-refractivity contribution in [2.75, 3.05) is 78.5 Å². The van der Waals surface area contributed by atoms with Gasteiger partial charge in [0.2, 0.25) is 0 Å². The summed E-state index contributed by atoms with van der Waals surface area (Å²) >= 11 is 0. The van der Waals surface area contributed by atoms with E-state index in [1.54, 1.807) is 21.9 Å². The molecule has 1 fully saturated rings. The van der Waals surface area contributed by atoms with Gasteiger partial charge in [-0.1, -0.05) is 12.1 Å². The molecule has 1 aromatic carbocycles. The molecule has 228 valence electrons. The maximum Gasteiger partial charge on any atom is 0.696 e.